The molecule has 0 bridgehead atoms. The summed E-state index contributed by atoms with van der Waals surface area (Å²) in [5, 5.41) is 11.5. The lowest BCUT2D eigenvalue weighted by atomic mass is 10.1. The van der Waals surface area contributed by atoms with Crippen LogP contribution in [0.5, 0.6) is 0 Å². The maximum Gasteiger partial charge on any atom is 0.182 e. The van der Waals surface area contributed by atoms with Crippen LogP contribution in [0.4, 0.5) is 10.1 Å². The van der Waals surface area contributed by atoms with E-state index in [9.17, 15) is 8.60 Å². The van der Waals surface area contributed by atoms with Crippen molar-refractivity contribution in [3.63, 3.8) is 0 Å². The molecule has 6 nitrogen and oxygen atoms in total. The molecule has 0 aliphatic carbocycles. The summed E-state index contributed by atoms with van der Waals surface area (Å²) in [6, 6.07) is 2.99. The van der Waals surface area contributed by atoms with Crippen molar-refractivity contribution < 1.29 is 8.60 Å². The van der Waals surface area contributed by atoms with Gasteiger partial charge in [0.15, 0.2) is 5.82 Å². The van der Waals surface area contributed by atoms with Crippen LogP contribution in [0.15, 0.2) is 12.1 Å². The Bertz CT molecular complexity index is 649. The van der Waals surface area contributed by atoms with Gasteiger partial charge in [-0.3, -0.25) is 4.21 Å². The first-order valence-corrected chi connectivity index (χ1v) is 8.26. The Labute approximate surface area is 125 Å². The van der Waals surface area contributed by atoms with E-state index >= 15 is 0 Å². The van der Waals surface area contributed by atoms with Crippen molar-refractivity contribution in [3.8, 4) is 11.4 Å². The maximum absolute atomic E-state index is 13.8. The number of nitrogen functional groups attached to an aromatic ring is 1. The molecule has 21 heavy (non-hydrogen) atoms. The second-order valence-electron chi connectivity index (χ2n) is 5.03. The second-order valence-corrected chi connectivity index (χ2v) is 6.59. The zero-order valence-corrected chi connectivity index (χ0v) is 13.0. The first-order valence-electron chi connectivity index (χ1n) is 6.54. The Morgan fingerprint density at radius 1 is 1.48 bits per heavy atom. The predicted molar refractivity (Wildman–Crippen MR) is 80.6 cm³/mol. The molecule has 2 N–H and O–H groups in total. The van der Waals surface area contributed by atoms with Gasteiger partial charge in [0.2, 0.25) is 0 Å². The molecule has 1 aromatic carbocycles. The fourth-order valence-corrected chi connectivity index (χ4v) is 2.64. The molecule has 8 heteroatoms. The van der Waals surface area contributed by atoms with Gasteiger partial charge in [-0.25, -0.2) is 9.07 Å². The van der Waals surface area contributed by atoms with Crippen LogP contribution >= 0.6 is 0 Å². The highest BCUT2D eigenvalue weighted by Gasteiger charge is 2.17. The van der Waals surface area contributed by atoms with Gasteiger partial charge in [0.1, 0.15) is 5.82 Å². The number of benzene rings is 1. The van der Waals surface area contributed by atoms with E-state index in [2.05, 4.69) is 15.5 Å². The molecule has 2 unspecified atom stereocenters. The van der Waals surface area contributed by atoms with Gasteiger partial charge in [0.05, 0.1) is 6.04 Å². The van der Waals surface area contributed by atoms with Crippen LogP contribution in [-0.2, 0) is 10.8 Å². The van der Waals surface area contributed by atoms with Gasteiger partial charge >= 0.3 is 0 Å². The topological polar surface area (TPSA) is 86.7 Å². The molecule has 0 aliphatic rings. The summed E-state index contributed by atoms with van der Waals surface area (Å²) >= 11 is 0. The monoisotopic (exact) mass is 311 g/mol. The zero-order chi connectivity index (χ0) is 15.6. The van der Waals surface area contributed by atoms with Gasteiger partial charge in [-0.2, -0.15) is 0 Å². The Hall–Kier alpha value is -1.83. The summed E-state index contributed by atoms with van der Waals surface area (Å²) in [6.45, 7) is 3.55. The van der Waals surface area contributed by atoms with Crippen LogP contribution < -0.4 is 5.73 Å². The summed E-state index contributed by atoms with van der Waals surface area (Å²) in [4.78, 5) is 0. The summed E-state index contributed by atoms with van der Waals surface area (Å²) in [5.74, 6) is 0.627. The molecule has 1 aromatic heterocycles. The van der Waals surface area contributed by atoms with Gasteiger partial charge in [-0.1, -0.05) is 0 Å². The number of rotatable bonds is 5. The van der Waals surface area contributed by atoms with Crippen molar-refractivity contribution in [1.82, 2.24) is 20.2 Å². The molecule has 0 spiro atoms. The molecule has 2 atom stereocenters. The smallest absolute Gasteiger partial charge is 0.182 e. The van der Waals surface area contributed by atoms with Crippen LogP contribution in [0.3, 0.4) is 0 Å². The van der Waals surface area contributed by atoms with E-state index in [0.29, 0.717) is 34.8 Å². The highest BCUT2D eigenvalue weighted by molar-refractivity contribution is 7.84. The van der Waals surface area contributed by atoms with E-state index < -0.39 is 10.8 Å². The average molecular weight is 311 g/mol. The number of hydrogen-bond donors (Lipinski definition) is 1. The normalized spacial score (nSPS) is 14.1. The Morgan fingerprint density at radius 2 is 2.19 bits per heavy atom. The first-order chi connectivity index (χ1) is 9.90. The summed E-state index contributed by atoms with van der Waals surface area (Å²) in [5.41, 5.74) is 7.10. The molecule has 0 amide bonds. The van der Waals surface area contributed by atoms with Crippen molar-refractivity contribution in [2.75, 3.05) is 17.7 Å². The van der Waals surface area contributed by atoms with Crippen molar-refractivity contribution in [1.29, 1.82) is 0 Å². The third-order valence-electron chi connectivity index (χ3n) is 3.38. The summed E-state index contributed by atoms with van der Waals surface area (Å²) in [6.07, 6.45) is 2.33. The molecule has 0 fully saturated rings. The Morgan fingerprint density at radius 3 is 2.81 bits per heavy atom. The van der Waals surface area contributed by atoms with Crippen LogP contribution in [0, 0.1) is 12.7 Å². The average Bonchev–Trinajstić information content (AvgIpc) is 2.91. The third-order valence-corrected chi connectivity index (χ3v) is 4.19. The van der Waals surface area contributed by atoms with Crippen molar-refractivity contribution in [2.45, 2.75) is 26.3 Å². The Balaban J connectivity index is 2.34. The van der Waals surface area contributed by atoms with E-state index in [0.717, 1.165) is 0 Å². The number of tetrazole rings is 1. The quantitative estimate of drug-likeness (QED) is 0.849. The lowest BCUT2D eigenvalue weighted by Gasteiger charge is -2.13. The summed E-state index contributed by atoms with van der Waals surface area (Å²) in [7, 11) is -0.871. The molecule has 0 saturated heterocycles. The van der Waals surface area contributed by atoms with Gasteiger partial charge in [0, 0.05) is 39.6 Å². The van der Waals surface area contributed by atoms with Crippen molar-refractivity contribution >= 4 is 16.5 Å². The van der Waals surface area contributed by atoms with Crippen molar-refractivity contribution in [3.05, 3.63) is 23.5 Å². The van der Waals surface area contributed by atoms with E-state index in [1.165, 1.54) is 6.07 Å². The largest absolute Gasteiger partial charge is 0.398 e. The summed E-state index contributed by atoms with van der Waals surface area (Å²) < 4.78 is 26.6. The first kappa shape index (κ1) is 15.6. The number of nitrogens with two attached hydrogens (primary N) is 1. The highest BCUT2D eigenvalue weighted by atomic mass is 32.2. The van der Waals surface area contributed by atoms with Crippen LogP contribution in [-0.4, -0.2) is 36.4 Å². The molecule has 1 heterocycles. The lowest BCUT2D eigenvalue weighted by Crippen LogP contribution is -2.12. The predicted octanol–water partition coefficient (Wildman–Crippen LogP) is 1.70. The van der Waals surface area contributed by atoms with Crippen molar-refractivity contribution in [2.24, 2.45) is 0 Å². The molecule has 114 valence electrons. The van der Waals surface area contributed by atoms with Crippen LogP contribution in [0.25, 0.3) is 11.4 Å². The standard InChI is InChI=1S/C13H18FN5OS/c1-8(4-5-21(3)20)19-13(16-17-18-19)10-6-11(14)9(2)12(15)7-10/h6-8H,4-5,15H2,1-3H3. The van der Waals surface area contributed by atoms with Gasteiger partial charge in [-0.15, -0.1) is 5.10 Å². The minimum atomic E-state index is -0.871. The SMILES string of the molecule is Cc1c(N)cc(-c2nnnn2C(C)CCS(C)=O)cc1F. The maximum atomic E-state index is 13.8. The molecular formula is C13H18FN5OS. The number of hydrogen-bond acceptors (Lipinski definition) is 5. The Kier molecular flexibility index (Phi) is 4.66. The number of halogens is 1. The minimum absolute atomic E-state index is 0.0375. The third kappa shape index (κ3) is 3.44. The second kappa shape index (κ2) is 6.30. The van der Waals surface area contributed by atoms with Gasteiger partial charge in [-0.05, 0) is 42.8 Å². The van der Waals surface area contributed by atoms with E-state index in [-0.39, 0.29) is 11.9 Å². The van der Waals surface area contributed by atoms with Crippen LogP contribution in [0.1, 0.15) is 24.9 Å². The lowest BCUT2D eigenvalue weighted by molar-refractivity contribution is 0.470. The molecule has 2 aromatic rings. The highest BCUT2D eigenvalue weighted by Crippen LogP contribution is 2.26. The number of aromatic nitrogens is 4. The molecule has 0 aliphatic heterocycles. The molecular weight excluding hydrogens is 293 g/mol. The van der Waals surface area contributed by atoms with Gasteiger partial charge < -0.3 is 5.73 Å². The molecule has 2 rings (SSSR count). The van der Waals surface area contributed by atoms with E-state index in [4.69, 9.17) is 5.73 Å². The fraction of sp³-hybridized carbons (Fsp3) is 0.462. The zero-order valence-electron chi connectivity index (χ0n) is 12.2. The van der Waals surface area contributed by atoms with E-state index in [1.54, 1.807) is 23.9 Å². The van der Waals surface area contributed by atoms with Gasteiger partial charge in [0.25, 0.3) is 0 Å². The minimum Gasteiger partial charge on any atom is -0.398 e. The number of nitrogens with zero attached hydrogens (tertiary/aromatic N) is 4. The number of anilines is 1. The fourth-order valence-electron chi connectivity index (χ4n) is 1.97. The van der Waals surface area contributed by atoms with E-state index in [1.807, 2.05) is 6.92 Å². The van der Waals surface area contributed by atoms with Crippen LogP contribution in [0.2, 0.25) is 0 Å². The molecule has 0 radical (unpaired) electrons. The molecule has 0 saturated carbocycles.